The predicted molar refractivity (Wildman–Crippen MR) is 61.9 cm³/mol. The summed E-state index contributed by atoms with van der Waals surface area (Å²) < 4.78 is 0. The summed E-state index contributed by atoms with van der Waals surface area (Å²) in [4.78, 5) is 10.1. The standard InChI is InChI=1S/C9H9N3O2S/c13-8(14)6-10-12-9(15)11-7-4-2-1-3-5-7/h1-6H,(H,13,14)(H2,11,12,15)/b10-6-. The number of hydrazone groups is 1. The lowest BCUT2D eigenvalue weighted by Gasteiger charge is -2.05. The van der Waals surface area contributed by atoms with Crippen LogP contribution in [0.2, 0.25) is 0 Å². The smallest absolute Gasteiger partial charge is 0.348 e. The molecule has 0 radical (unpaired) electrons. The Morgan fingerprint density at radius 2 is 2.07 bits per heavy atom. The highest BCUT2D eigenvalue weighted by atomic mass is 32.1. The Morgan fingerprint density at radius 1 is 1.40 bits per heavy atom. The first-order chi connectivity index (χ1) is 7.18. The van der Waals surface area contributed by atoms with E-state index in [0.29, 0.717) is 0 Å². The van der Waals surface area contributed by atoms with Crippen LogP contribution in [0.25, 0.3) is 0 Å². The lowest BCUT2D eigenvalue weighted by atomic mass is 10.3. The van der Waals surface area contributed by atoms with Crippen LogP contribution in [0.15, 0.2) is 35.4 Å². The van der Waals surface area contributed by atoms with E-state index >= 15 is 0 Å². The number of carboxylic acid groups (broad SMARTS) is 1. The number of anilines is 1. The number of thiocarbonyl (C=S) groups is 1. The summed E-state index contributed by atoms with van der Waals surface area (Å²) in [5.74, 6) is -1.13. The molecule has 0 aliphatic carbocycles. The largest absolute Gasteiger partial charge is 0.477 e. The Morgan fingerprint density at radius 3 is 2.67 bits per heavy atom. The molecule has 1 aromatic carbocycles. The molecule has 3 N–H and O–H groups in total. The molecule has 0 fully saturated rings. The summed E-state index contributed by atoms with van der Waals surface area (Å²) in [5, 5.41) is 14.7. The van der Waals surface area contributed by atoms with E-state index in [2.05, 4.69) is 15.8 Å². The Kier molecular flexibility index (Phi) is 4.24. The zero-order chi connectivity index (χ0) is 11.1. The van der Waals surface area contributed by atoms with Crippen molar-refractivity contribution in [3.05, 3.63) is 30.3 Å². The molecule has 0 spiro atoms. The van der Waals surface area contributed by atoms with Crippen molar-refractivity contribution < 1.29 is 9.90 Å². The highest BCUT2D eigenvalue weighted by Gasteiger charge is 1.94. The molecule has 15 heavy (non-hydrogen) atoms. The third kappa shape index (κ3) is 4.72. The van der Waals surface area contributed by atoms with E-state index in [1.807, 2.05) is 30.3 Å². The van der Waals surface area contributed by atoms with E-state index in [9.17, 15) is 4.79 Å². The van der Waals surface area contributed by atoms with Crippen LogP contribution in [-0.4, -0.2) is 22.4 Å². The molecule has 0 unspecified atom stereocenters. The monoisotopic (exact) mass is 223 g/mol. The van der Waals surface area contributed by atoms with E-state index in [0.717, 1.165) is 11.9 Å². The fourth-order valence-electron chi connectivity index (χ4n) is 0.827. The number of carbonyl (C=O) groups is 1. The first-order valence-corrected chi connectivity index (χ1v) is 4.47. The van der Waals surface area contributed by atoms with Crippen LogP contribution < -0.4 is 10.7 Å². The van der Waals surface area contributed by atoms with Crippen molar-refractivity contribution in [2.24, 2.45) is 5.10 Å². The van der Waals surface area contributed by atoms with Gasteiger partial charge in [0, 0.05) is 5.69 Å². The van der Waals surface area contributed by atoms with Gasteiger partial charge in [-0.15, -0.1) is 0 Å². The van der Waals surface area contributed by atoms with Crippen LogP contribution in [-0.2, 0) is 4.79 Å². The molecular weight excluding hydrogens is 214 g/mol. The van der Waals surface area contributed by atoms with E-state index in [-0.39, 0.29) is 5.11 Å². The molecule has 0 saturated heterocycles. The lowest BCUT2D eigenvalue weighted by Crippen LogP contribution is -2.24. The Bertz CT molecular complexity index is 378. The van der Waals surface area contributed by atoms with Gasteiger partial charge in [0.05, 0.1) is 0 Å². The van der Waals surface area contributed by atoms with Crippen LogP contribution in [0, 0.1) is 0 Å². The number of para-hydroxylation sites is 1. The second-order valence-electron chi connectivity index (χ2n) is 2.53. The van der Waals surface area contributed by atoms with Crippen molar-refractivity contribution in [1.82, 2.24) is 5.43 Å². The molecule has 0 atom stereocenters. The fourth-order valence-corrected chi connectivity index (χ4v) is 0.997. The van der Waals surface area contributed by atoms with Crippen molar-refractivity contribution in [2.75, 3.05) is 5.32 Å². The molecule has 0 amide bonds. The van der Waals surface area contributed by atoms with Crippen LogP contribution in [0.5, 0.6) is 0 Å². The van der Waals surface area contributed by atoms with Gasteiger partial charge in [0.2, 0.25) is 0 Å². The van der Waals surface area contributed by atoms with Crippen LogP contribution in [0.4, 0.5) is 5.69 Å². The first kappa shape index (κ1) is 11.1. The van der Waals surface area contributed by atoms with Crippen molar-refractivity contribution in [3.63, 3.8) is 0 Å². The minimum Gasteiger partial charge on any atom is -0.477 e. The van der Waals surface area contributed by atoms with Gasteiger partial charge in [0.25, 0.3) is 0 Å². The topological polar surface area (TPSA) is 73.7 Å². The van der Waals surface area contributed by atoms with Gasteiger partial charge in [-0.3, -0.25) is 5.43 Å². The second-order valence-corrected chi connectivity index (χ2v) is 2.94. The summed E-state index contributed by atoms with van der Waals surface area (Å²) in [5.41, 5.74) is 3.18. The maximum absolute atomic E-state index is 10.1. The van der Waals surface area contributed by atoms with Gasteiger partial charge in [0.1, 0.15) is 6.21 Å². The number of rotatable bonds is 3. The first-order valence-electron chi connectivity index (χ1n) is 4.06. The van der Waals surface area contributed by atoms with Gasteiger partial charge in [-0.05, 0) is 24.4 Å². The van der Waals surface area contributed by atoms with E-state index in [1.165, 1.54) is 0 Å². The van der Waals surface area contributed by atoms with Gasteiger partial charge in [0.15, 0.2) is 5.11 Å². The molecule has 0 saturated carbocycles. The normalized spacial score (nSPS) is 9.87. The van der Waals surface area contributed by atoms with Crippen LogP contribution >= 0.6 is 12.2 Å². The number of aliphatic carboxylic acids is 1. The molecule has 1 rings (SSSR count). The van der Waals surface area contributed by atoms with Gasteiger partial charge >= 0.3 is 5.97 Å². The minimum absolute atomic E-state index is 0.235. The predicted octanol–water partition coefficient (Wildman–Crippen LogP) is 1.04. The molecule has 0 heterocycles. The Labute approximate surface area is 91.8 Å². The summed E-state index contributed by atoms with van der Waals surface area (Å²) in [7, 11) is 0. The number of hydrogen-bond acceptors (Lipinski definition) is 3. The Balaban J connectivity index is 2.40. The van der Waals surface area contributed by atoms with Gasteiger partial charge in [-0.1, -0.05) is 18.2 Å². The highest BCUT2D eigenvalue weighted by molar-refractivity contribution is 7.80. The van der Waals surface area contributed by atoms with E-state index in [1.54, 1.807) is 0 Å². The van der Waals surface area contributed by atoms with Crippen molar-refractivity contribution in [1.29, 1.82) is 0 Å². The van der Waals surface area contributed by atoms with E-state index < -0.39 is 5.97 Å². The third-order valence-corrected chi connectivity index (χ3v) is 1.57. The van der Waals surface area contributed by atoms with E-state index in [4.69, 9.17) is 17.3 Å². The molecule has 0 aliphatic heterocycles. The molecule has 78 valence electrons. The molecule has 0 aromatic heterocycles. The molecule has 6 heteroatoms. The average Bonchev–Trinajstić information content (AvgIpc) is 2.18. The number of carboxylic acids is 1. The van der Waals surface area contributed by atoms with Gasteiger partial charge < -0.3 is 10.4 Å². The highest BCUT2D eigenvalue weighted by Crippen LogP contribution is 2.03. The van der Waals surface area contributed by atoms with Crippen molar-refractivity contribution in [2.45, 2.75) is 0 Å². The lowest BCUT2D eigenvalue weighted by molar-refractivity contribution is -0.128. The fraction of sp³-hybridized carbons (Fsp3) is 0. The second kappa shape index (κ2) is 5.71. The average molecular weight is 223 g/mol. The summed E-state index contributed by atoms with van der Waals surface area (Å²) in [6.07, 6.45) is 0.721. The SMILES string of the molecule is O=C(O)/C=N\NC(=S)Nc1ccccc1. The summed E-state index contributed by atoms with van der Waals surface area (Å²) >= 11 is 4.86. The maximum Gasteiger partial charge on any atom is 0.348 e. The van der Waals surface area contributed by atoms with Gasteiger partial charge in [-0.25, -0.2) is 4.79 Å². The molecule has 0 bridgehead atoms. The Hall–Kier alpha value is -1.95. The van der Waals surface area contributed by atoms with Gasteiger partial charge in [-0.2, -0.15) is 5.10 Å². The quantitative estimate of drug-likeness (QED) is 0.405. The summed E-state index contributed by atoms with van der Waals surface area (Å²) in [6, 6.07) is 9.24. The van der Waals surface area contributed by atoms with Crippen LogP contribution in [0.3, 0.4) is 0 Å². The number of hydrogen-bond donors (Lipinski definition) is 3. The third-order valence-electron chi connectivity index (χ3n) is 1.37. The zero-order valence-electron chi connectivity index (χ0n) is 7.68. The minimum atomic E-state index is -1.13. The maximum atomic E-state index is 10.1. The van der Waals surface area contributed by atoms with Crippen molar-refractivity contribution in [3.8, 4) is 0 Å². The number of nitrogens with one attached hydrogen (secondary N) is 2. The molecule has 1 aromatic rings. The molecular formula is C9H9N3O2S. The number of benzene rings is 1. The summed E-state index contributed by atoms with van der Waals surface area (Å²) in [6.45, 7) is 0. The molecule has 0 aliphatic rings. The number of nitrogens with zero attached hydrogens (tertiary/aromatic N) is 1. The molecule has 5 nitrogen and oxygen atoms in total. The van der Waals surface area contributed by atoms with Crippen LogP contribution in [0.1, 0.15) is 0 Å². The zero-order valence-corrected chi connectivity index (χ0v) is 8.49. The van der Waals surface area contributed by atoms with Crippen molar-refractivity contribution >= 4 is 35.2 Å².